The average molecular weight is 432 g/mol. The van der Waals surface area contributed by atoms with Gasteiger partial charge in [0.15, 0.2) is 23.0 Å². The first-order chi connectivity index (χ1) is 14.9. The number of fused-ring (bicyclic) bond motifs is 1. The molecule has 2 aromatic carbocycles. The van der Waals surface area contributed by atoms with E-state index in [1.807, 2.05) is 6.92 Å². The van der Waals surface area contributed by atoms with E-state index in [2.05, 4.69) is 0 Å². The van der Waals surface area contributed by atoms with Crippen LogP contribution in [0.15, 0.2) is 30.3 Å². The fourth-order valence-corrected chi connectivity index (χ4v) is 3.88. The highest BCUT2D eigenvalue weighted by atomic mass is 16.7. The fourth-order valence-electron chi connectivity index (χ4n) is 3.88. The monoisotopic (exact) mass is 432 g/mol. The lowest BCUT2D eigenvalue weighted by molar-refractivity contribution is -0.156. The zero-order chi connectivity index (χ0) is 22.6. The number of hydrogen-bond acceptors (Lipinski definition) is 8. The number of carbonyl (C=O) groups excluding carboxylic acids is 1. The smallest absolute Gasteiger partial charge is 0.312 e. The van der Waals surface area contributed by atoms with Gasteiger partial charge in [-0.1, -0.05) is 13.0 Å². The molecule has 0 aliphatic carbocycles. The number of rotatable bonds is 9. The summed E-state index contributed by atoms with van der Waals surface area (Å²) in [5.41, 5.74) is -0.930. The molecule has 3 rings (SSSR count). The molecule has 2 atom stereocenters. The number of carbonyl (C=O) groups is 1. The number of aliphatic hydroxyl groups is 1. The van der Waals surface area contributed by atoms with E-state index in [4.69, 9.17) is 28.4 Å². The Morgan fingerprint density at radius 1 is 1.00 bits per heavy atom. The summed E-state index contributed by atoms with van der Waals surface area (Å²) >= 11 is 0. The fraction of sp³-hybridized carbons (Fsp3) is 0.435. The summed E-state index contributed by atoms with van der Waals surface area (Å²) in [5, 5.41) is 12.2. The minimum absolute atomic E-state index is 0.0937. The Kier molecular flexibility index (Phi) is 6.80. The first-order valence-corrected chi connectivity index (χ1v) is 10.0. The molecule has 1 aliphatic heterocycles. The SMILES string of the molecule is CCOC(=O)[C@H](CC)[C@@](O)(c1ccc2c(c1)OCO2)c1cc(OC)c(OC)c(OC)c1. The summed E-state index contributed by atoms with van der Waals surface area (Å²) in [4.78, 5) is 12.9. The van der Waals surface area contributed by atoms with Crippen molar-refractivity contribution in [3.8, 4) is 28.7 Å². The Hall–Kier alpha value is -3.13. The standard InChI is InChI=1S/C23H28O8/c1-6-16(22(24)29-7-2)23(25,14-8-9-17-18(10-14)31-13-30-17)15-11-19(26-3)21(28-5)20(12-15)27-4/h8-12,16,25H,6-7,13H2,1-5H3/t16-,23+/m0/s1. The van der Waals surface area contributed by atoms with Gasteiger partial charge in [-0.25, -0.2) is 0 Å². The van der Waals surface area contributed by atoms with E-state index in [0.29, 0.717) is 46.3 Å². The second kappa shape index (κ2) is 9.34. The lowest BCUT2D eigenvalue weighted by Gasteiger charge is -2.36. The Morgan fingerprint density at radius 3 is 2.19 bits per heavy atom. The van der Waals surface area contributed by atoms with Gasteiger partial charge in [-0.3, -0.25) is 4.79 Å². The molecule has 1 aliphatic rings. The molecular weight excluding hydrogens is 404 g/mol. The van der Waals surface area contributed by atoms with Crippen LogP contribution in [0.2, 0.25) is 0 Å². The summed E-state index contributed by atoms with van der Waals surface area (Å²) in [6.45, 7) is 3.83. The third-order valence-electron chi connectivity index (χ3n) is 5.40. The van der Waals surface area contributed by atoms with Crippen LogP contribution in [-0.4, -0.2) is 45.8 Å². The largest absolute Gasteiger partial charge is 0.493 e. The van der Waals surface area contributed by atoms with E-state index in [1.165, 1.54) is 21.3 Å². The normalized spacial score (nSPS) is 15.0. The zero-order valence-electron chi connectivity index (χ0n) is 18.4. The molecule has 8 heteroatoms. The molecule has 1 heterocycles. The molecule has 168 valence electrons. The van der Waals surface area contributed by atoms with Gasteiger partial charge < -0.3 is 33.5 Å². The molecule has 31 heavy (non-hydrogen) atoms. The minimum Gasteiger partial charge on any atom is -0.493 e. The molecule has 1 N–H and O–H groups in total. The maximum Gasteiger partial charge on any atom is 0.312 e. The van der Waals surface area contributed by atoms with Crippen LogP contribution in [-0.2, 0) is 15.1 Å². The Labute approximate surface area is 181 Å². The number of benzene rings is 2. The molecule has 0 aromatic heterocycles. The quantitative estimate of drug-likeness (QED) is 0.604. The van der Waals surface area contributed by atoms with Crippen LogP contribution in [0.5, 0.6) is 28.7 Å². The van der Waals surface area contributed by atoms with Crippen LogP contribution < -0.4 is 23.7 Å². The van der Waals surface area contributed by atoms with Gasteiger partial charge in [0.25, 0.3) is 0 Å². The van der Waals surface area contributed by atoms with Gasteiger partial charge in [0.1, 0.15) is 5.60 Å². The van der Waals surface area contributed by atoms with Gasteiger partial charge in [0, 0.05) is 0 Å². The molecule has 0 saturated carbocycles. The van der Waals surface area contributed by atoms with E-state index in [-0.39, 0.29) is 13.4 Å². The predicted molar refractivity (Wildman–Crippen MR) is 112 cm³/mol. The van der Waals surface area contributed by atoms with E-state index in [9.17, 15) is 9.90 Å². The highest BCUT2D eigenvalue weighted by Gasteiger charge is 2.46. The van der Waals surface area contributed by atoms with Crippen LogP contribution in [0, 0.1) is 5.92 Å². The van der Waals surface area contributed by atoms with Gasteiger partial charge >= 0.3 is 5.97 Å². The zero-order valence-corrected chi connectivity index (χ0v) is 18.4. The Morgan fingerprint density at radius 2 is 1.65 bits per heavy atom. The molecule has 0 bridgehead atoms. The molecular formula is C23H28O8. The highest BCUT2D eigenvalue weighted by molar-refractivity contribution is 5.76. The maximum absolute atomic E-state index is 12.9. The molecule has 8 nitrogen and oxygen atoms in total. The van der Waals surface area contributed by atoms with Crippen LogP contribution in [0.4, 0.5) is 0 Å². The Balaban J connectivity index is 2.27. The van der Waals surface area contributed by atoms with Gasteiger partial charge in [-0.05, 0) is 48.7 Å². The van der Waals surface area contributed by atoms with Crippen LogP contribution >= 0.6 is 0 Å². The van der Waals surface area contributed by atoms with Crippen LogP contribution in [0.3, 0.4) is 0 Å². The maximum atomic E-state index is 12.9. The predicted octanol–water partition coefficient (Wildman–Crippen LogP) is 3.27. The molecule has 2 aromatic rings. The van der Waals surface area contributed by atoms with Crippen molar-refractivity contribution in [1.82, 2.24) is 0 Å². The second-order valence-corrected chi connectivity index (χ2v) is 6.96. The lowest BCUT2D eigenvalue weighted by atomic mass is 9.74. The topological polar surface area (TPSA) is 92.7 Å². The van der Waals surface area contributed by atoms with Crippen LogP contribution in [0.1, 0.15) is 31.4 Å². The van der Waals surface area contributed by atoms with E-state index < -0.39 is 17.5 Å². The van der Waals surface area contributed by atoms with Gasteiger partial charge in [-0.2, -0.15) is 0 Å². The van der Waals surface area contributed by atoms with Crippen molar-refractivity contribution in [2.75, 3.05) is 34.7 Å². The van der Waals surface area contributed by atoms with E-state index >= 15 is 0 Å². The molecule has 0 fully saturated rings. The number of methoxy groups -OCH3 is 3. The Bertz CT molecular complexity index is 916. The molecule has 0 spiro atoms. The molecule has 0 amide bonds. The summed E-state index contributed by atoms with van der Waals surface area (Å²) in [6, 6.07) is 8.35. The summed E-state index contributed by atoms with van der Waals surface area (Å²) < 4.78 is 32.5. The van der Waals surface area contributed by atoms with Crippen LogP contribution in [0.25, 0.3) is 0 Å². The molecule has 0 saturated heterocycles. The highest BCUT2D eigenvalue weighted by Crippen LogP contribution is 2.48. The van der Waals surface area contributed by atoms with Crippen molar-refractivity contribution in [2.45, 2.75) is 25.9 Å². The second-order valence-electron chi connectivity index (χ2n) is 6.96. The average Bonchev–Trinajstić information content (AvgIpc) is 3.26. The van der Waals surface area contributed by atoms with E-state index in [1.54, 1.807) is 37.3 Å². The number of hydrogen-bond donors (Lipinski definition) is 1. The third-order valence-corrected chi connectivity index (χ3v) is 5.40. The van der Waals surface area contributed by atoms with Crippen molar-refractivity contribution in [3.63, 3.8) is 0 Å². The van der Waals surface area contributed by atoms with Gasteiger partial charge in [0.2, 0.25) is 12.5 Å². The molecule has 0 unspecified atom stereocenters. The van der Waals surface area contributed by atoms with Crippen molar-refractivity contribution in [1.29, 1.82) is 0 Å². The lowest BCUT2D eigenvalue weighted by Crippen LogP contribution is -2.41. The van der Waals surface area contributed by atoms with Gasteiger partial charge in [0.05, 0.1) is 33.9 Å². The van der Waals surface area contributed by atoms with Crippen molar-refractivity contribution in [2.24, 2.45) is 5.92 Å². The summed E-state index contributed by atoms with van der Waals surface area (Å²) in [6.07, 6.45) is 0.320. The first-order valence-electron chi connectivity index (χ1n) is 10.0. The third kappa shape index (κ3) is 3.95. The van der Waals surface area contributed by atoms with Crippen molar-refractivity contribution < 1.29 is 38.3 Å². The number of ether oxygens (including phenoxy) is 6. The van der Waals surface area contributed by atoms with Gasteiger partial charge in [-0.15, -0.1) is 0 Å². The molecule has 0 radical (unpaired) electrons. The summed E-state index contributed by atoms with van der Waals surface area (Å²) in [5.74, 6) is 0.729. The van der Waals surface area contributed by atoms with Crippen molar-refractivity contribution in [3.05, 3.63) is 41.5 Å². The minimum atomic E-state index is -1.77. The van der Waals surface area contributed by atoms with E-state index in [0.717, 1.165) is 0 Å². The number of esters is 1. The first kappa shape index (κ1) is 22.6. The van der Waals surface area contributed by atoms with Crippen molar-refractivity contribution >= 4 is 5.97 Å². The summed E-state index contributed by atoms with van der Waals surface area (Å²) in [7, 11) is 4.48.